The van der Waals surface area contributed by atoms with E-state index in [9.17, 15) is 19.5 Å². The first-order chi connectivity index (χ1) is 17.2. The summed E-state index contributed by atoms with van der Waals surface area (Å²) in [5.41, 5.74) is 12.5. The van der Waals surface area contributed by atoms with Crippen LogP contribution < -0.4 is 22.1 Å². The molecule has 0 aromatic heterocycles. The van der Waals surface area contributed by atoms with E-state index in [1.807, 2.05) is 13.0 Å². The van der Waals surface area contributed by atoms with Crippen molar-refractivity contribution in [3.05, 3.63) is 64.7 Å². The molecule has 0 heterocycles. The minimum atomic E-state index is -1.19. The van der Waals surface area contributed by atoms with Gasteiger partial charge in [0.25, 0.3) is 0 Å². The molecule has 7 N–H and O–H groups in total. The molecule has 0 saturated carbocycles. The fourth-order valence-corrected chi connectivity index (χ4v) is 3.36. The lowest BCUT2D eigenvalue weighted by Crippen LogP contribution is -2.52. The number of nitrogens with zero attached hydrogens (tertiary/aromatic N) is 3. The van der Waals surface area contributed by atoms with Crippen molar-refractivity contribution in [2.45, 2.75) is 44.7 Å². The number of aryl methyl sites for hydroxylation is 1. The summed E-state index contributed by atoms with van der Waals surface area (Å²) < 4.78 is 0. The van der Waals surface area contributed by atoms with Gasteiger partial charge in [0.05, 0.1) is 5.69 Å². The molecule has 0 spiro atoms. The molecule has 2 rings (SSSR count). The van der Waals surface area contributed by atoms with E-state index in [0.717, 1.165) is 11.1 Å². The Labute approximate surface area is 214 Å². The Balaban J connectivity index is 2.08. The van der Waals surface area contributed by atoms with Gasteiger partial charge >= 0.3 is 12.0 Å². The number of carbonyl (C=O) groups is 3. The fraction of sp³-hybridized carbons (Fsp3) is 0.333. The van der Waals surface area contributed by atoms with Gasteiger partial charge in [0.15, 0.2) is 5.96 Å². The summed E-state index contributed by atoms with van der Waals surface area (Å²) in [5, 5.41) is 22.5. The number of aliphatic imine (C=N–C) groups is 1. The molecular weight excluding hydrogens is 486 g/mol. The second-order valence-electron chi connectivity index (χ2n) is 8.03. The van der Waals surface area contributed by atoms with Crippen LogP contribution in [0.2, 0.25) is 5.02 Å². The smallest absolute Gasteiger partial charge is 0.360 e. The van der Waals surface area contributed by atoms with Gasteiger partial charge in [0.1, 0.15) is 12.1 Å². The van der Waals surface area contributed by atoms with E-state index in [-0.39, 0.29) is 18.8 Å². The number of hydrogen-bond donors (Lipinski definition) is 5. The van der Waals surface area contributed by atoms with Gasteiger partial charge in [-0.1, -0.05) is 53.1 Å². The number of carboxylic acid groups (broad SMARTS) is 1. The van der Waals surface area contributed by atoms with E-state index < -0.39 is 30.0 Å². The normalized spacial score (nSPS) is 12.5. The molecule has 36 heavy (non-hydrogen) atoms. The Morgan fingerprint density at radius 1 is 1.03 bits per heavy atom. The lowest BCUT2D eigenvalue weighted by Gasteiger charge is -2.21. The van der Waals surface area contributed by atoms with Crippen molar-refractivity contribution in [2.24, 2.45) is 26.7 Å². The van der Waals surface area contributed by atoms with Crippen molar-refractivity contribution < 1.29 is 19.5 Å². The molecule has 2 aromatic carbocycles. The summed E-state index contributed by atoms with van der Waals surface area (Å²) in [6.45, 7) is 2.18. The monoisotopic (exact) mass is 515 g/mol. The minimum absolute atomic E-state index is 0.0415. The molecular formula is C24H30ClN7O4. The highest BCUT2D eigenvalue weighted by atomic mass is 35.5. The molecule has 2 unspecified atom stereocenters. The Morgan fingerprint density at radius 2 is 1.75 bits per heavy atom. The van der Waals surface area contributed by atoms with Gasteiger partial charge in [-0.05, 0) is 49.4 Å². The summed E-state index contributed by atoms with van der Waals surface area (Å²) in [5.74, 6) is -1.89. The molecule has 3 amide bonds. The number of amides is 3. The van der Waals surface area contributed by atoms with Gasteiger partial charge in [0, 0.05) is 18.0 Å². The third-order valence-corrected chi connectivity index (χ3v) is 5.53. The molecule has 0 bridgehead atoms. The second kappa shape index (κ2) is 14.4. The number of urea groups is 1. The molecule has 0 aliphatic rings. The highest BCUT2D eigenvalue weighted by molar-refractivity contribution is 6.31. The van der Waals surface area contributed by atoms with Crippen LogP contribution in [0.5, 0.6) is 0 Å². The maximum atomic E-state index is 13.0. The van der Waals surface area contributed by atoms with Crippen LogP contribution in [0.4, 0.5) is 10.5 Å². The number of guanidine groups is 1. The number of benzene rings is 2. The van der Waals surface area contributed by atoms with Crippen LogP contribution in [-0.2, 0) is 16.0 Å². The number of hydrogen-bond acceptors (Lipinski definition) is 5. The largest absolute Gasteiger partial charge is 0.480 e. The summed E-state index contributed by atoms with van der Waals surface area (Å²) in [7, 11) is 0. The predicted molar refractivity (Wildman–Crippen MR) is 137 cm³/mol. The number of azo groups is 1. The van der Waals surface area contributed by atoms with Crippen molar-refractivity contribution in [1.82, 2.24) is 10.6 Å². The number of halogens is 1. The average molecular weight is 516 g/mol. The van der Waals surface area contributed by atoms with Gasteiger partial charge in [-0.2, -0.15) is 0 Å². The van der Waals surface area contributed by atoms with Crippen molar-refractivity contribution >= 4 is 41.2 Å². The third-order valence-electron chi connectivity index (χ3n) is 5.12. The molecule has 0 saturated heterocycles. The molecule has 192 valence electrons. The number of nitrogens with two attached hydrogens (primary N) is 2. The topological polar surface area (TPSA) is 185 Å². The number of rotatable bonds is 12. The zero-order chi connectivity index (χ0) is 26.5. The van der Waals surface area contributed by atoms with Crippen LogP contribution in [0.25, 0.3) is 0 Å². The molecule has 12 heteroatoms. The molecule has 2 atom stereocenters. The Morgan fingerprint density at radius 3 is 2.39 bits per heavy atom. The summed E-state index contributed by atoms with van der Waals surface area (Å²) in [6, 6.07) is 10.9. The van der Waals surface area contributed by atoms with E-state index >= 15 is 0 Å². The number of unbranched alkanes of at least 4 members (excludes halogenated alkanes) is 1. The molecule has 11 nitrogen and oxygen atoms in total. The Hall–Kier alpha value is -3.99. The second-order valence-corrected chi connectivity index (χ2v) is 8.43. The van der Waals surface area contributed by atoms with E-state index in [1.54, 1.807) is 42.5 Å². The van der Waals surface area contributed by atoms with E-state index in [1.165, 1.54) is 0 Å². The fourth-order valence-electron chi connectivity index (χ4n) is 3.18. The highest BCUT2D eigenvalue weighted by Gasteiger charge is 2.26. The number of carboxylic acids is 1. The molecule has 0 aliphatic carbocycles. The van der Waals surface area contributed by atoms with Crippen LogP contribution in [-0.4, -0.2) is 47.6 Å². The van der Waals surface area contributed by atoms with Gasteiger partial charge in [-0.3, -0.25) is 9.79 Å². The standard InChI is InChI=1S/C24H30ClN7O4/c1-15-10-11-17(14-18(15)25)31-32-24(36)30-20(13-16-7-3-2-4-8-16)21(33)29-19(22(34)35)9-5-6-12-28-23(26)27/h2-4,7-8,10-11,14,19-20H,5-6,9,12-13H2,1H3,(H,29,33)(H,30,36)(H,34,35)(H4,26,27,28). The van der Waals surface area contributed by atoms with Crippen molar-refractivity contribution in [2.75, 3.05) is 6.54 Å². The van der Waals surface area contributed by atoms with Crippen molar-refractivity contribution in [3.63, 3.8) is 0 Å². The van der Waals surface area contributed by atoms with E-state index in [2.05, 4.69) is 25.9 Å². The number of nitrogens with one attached hydrogen (secondary N) is 2. The first kappa shape index (κ1) is 28.2. The Kier molecular flexibility index (Phi) is 11.3. The summed E-state index contributed by atoms with van der Waals surface area (Å²) in [6.07, 6.45) is 1.31. The van der Waals surface area contributed by atoms with Crippen LogP contribution in [0.3, 0.4) is 0 Å². The number of aliphatic carboxylic acids is 1. The van der Waals surface area contributed by atoms with E-state index in [4.69, 9.17) is 23.1 Å². The van der Waals surface area contributed by atoms with Gasteiger partial charge < -0.3 is 27.2 Å². The first-order valence-electron chi connectivity index (χ1n) is 11.3. The van der Waals surface area contributed by atoms with Gasteiger partial charge in [-0.15, -0.1) is 5.11 Å². The lowest BCUT2D eigenvalue weighted by atomic mass is 10.0. The van der Waals surface area contributed by atoms with Gasteiger partial charge in [0.2, 0.25) is 5.91 Å². The zero-order valence-electron chi connectivity index (χ0n) is 19.9. The maximum Gasteiger partial charge on any atom is 0.360 e. The predicted octanol–water partition coefficient (Wildman–Crippen LogP) is 3.07. The zero-order valence-corrected chi connectivity index (χ0v) is 20.6. The van der Waals surface area contributed by atoms with Crippen LogP contribution in [0.1, 0.15) is 30.4 Å². The lowest BCUT2D eigenvalue weighted by molar-refractivity contribution is -0.142. The van der Waals surface area contributed by atoms with Crippen LogP contribution in [0.15, 0.2) is 63.8 Å². The minimum Gasteiger partial charge on any atom is -0.480 e. The summed E-state index contributed by atoms with van der Waals surface area (Å²) in [4.78, 5) is 41.0. The van der Waals surface area contributed by atoms with E-state index in [0.29, 0.717) is 30.1 Å². The number of carbonyl (C=O) groups excluding carboxylic acids is 2. The maximum absolute atomic E-state index is 13.0. The Bertz CT molecular complexity index is 1100. The summed E-state index contributed by atoms with van der Waals surface area (Å²) >= 11 is 6.07. The SMILES string of the molecule is Cc1ccc(N=NC(=O)NC(Cc2ccccc2)C(=O)NC(CCCCN=C(N)N)C(=O)O)cc1Cl. The van der Waals surface area contributed by atoms with Crippen molar-refractivity contribution in [1.29, 1.82) is 0 Å². The average Bonchev–Trinajstić information content (AvgIpc) is 2.83. The molecule has 2 aromatic rings. The molecule has 0 fully saturated rings. The van der Waals surface area contributed by atoms with Crippen LogP contribution >= 0.6 is 11.6 Å². The quantitative estimate of drug-likeness (QED) is 0.125. The molecule has 0 radical (unpaired) electrons. The molecule has 0 aliphatic heterocycles. The van der Waals surface area contributed by atoms with Gasteiger partial charge in [-0.25, -0.2) is 9.59 Å². The van der Waals surface area contributed by atoms with Crippen molar-refractivity contribution in [3.8, 4) is 0 Å². The first-order valence-corrected chi connectivity index (χ1v) is 11.6. The van der Waals surface area contributed by atoms with Crippen LogP contribution in [0, 0.1) is 6.92 Å². The highest BCUT2D eigenvalue weighted by Crippen LogP contribution is 2.22. The third kappa shape index (κ3) is 10.1.